The minimum absolute atomic E-state index is 0.0523. The number of morpholine rings is 1. The predicted molar refractivity (Wildman–Crippen MR) is 61.9 cm³/mol. The number of imidazole rings is 1. The monoisotopic (exact) mass is 224 g/mol. The number of H-pyrrole nitrogens is 1. The minimum atomic E-state index is 0.0523. The van der Waals surface area contributed by atoms with E-state index in [0.29, 0.717) is 12.6 Å². The van der Waals surface area contributed by atoms with E-state index in [-0.39, 0.29) is 6.10 Å². The number of nitrogens with zero attached hydrogens (tertiary/aromatic N) is 2. The van der Waals surface area contributed by atoms with Crippen LogP contribution in [-0.4, -0.2) is 40.6 Å². The summed E-state index contributed by atoms with van der Waals surface area (Å²) >= 11 is 0. The topological polar surface area (TPSA) is 67.2 Å². The van der Waals surface area contributed by atoms with Gasteiger partial charge in [0, 0.05) is 37.6 Å². The molecule has 1 aliphatic heterocycles. The van der Waals surface area contributed by atoms with Gasteiger partial charge in [-0.1, -0.05) is 0 Å². The van der Waals surface area contributed by atoms with Crippen LogP contribution in [0.4, 0.5) is 0 Å². The van der Waals surface area contributed by atoms with Crippen LogP contribution in [0.3, 0.4) is 0 Å². The zero-order valence-electron chi connectivity index (χ0n) is 9.94. The number of hydrogen-bond donors (Lipinski definition) is 2. The second-order valence-electron chi connectivity index (χ2n) is 4.45. The number of aromatic amines is 1. The van der Waals surface area contributed by atoms with E-state index in [9.17, 15) is 0 Å². The summed E-state index contributed by atoms with van der Waals surface area (Å²) in [6.45, 7) is 7.56. The Morgan fingerprint density at radius 2 is 2.50 bits per heavy atom. The van der Waals surface area contributed by atoms with E-state index in [4.69, 9.17) is 10.5 Å². The summed E-state index contributed by atoms with van der Waals surface area (Å²) in [6, 6.07) is 0.551. The second-order valence-corrected chi connectivity index (χ2v) is 4.45. The maximum absolute atomic E-state index is 5.73. The molecule has 0 radical (unpaired) electrons. The summed E-state index contributed by atoms with van der Waals surface area (Å²) in [6.07, 6.45) is 1.84. The molecule has 5 nitrogen and oxygen atoms in total. The van der Waals surface area contributed by atoms with E-state index in [0.717, 1.165) is 31.2 Å². The molecule has 0 saturated carbocycles. The molecule has 0 aromatic carbocycles. The quantitative estimate of drug-likeness (QED) is 0.791. The van der Waals surface area contributed by atoms with Crippen molar-refractivity contribution < 1.29 is 4.74 Å². The number of ether oxygens (including phenoxy) is 1. The van der Waals surface area contributed by atoms with E-state index < -0.39 is 0 Å². The van der Waals surface area contributed by atoms with Gasteiger partial charge in [0.15, 0.2) is 0 Å². The third-order valence-corrected chi connectivity index (χ3v) is 3.00. The van der Waals surface area contributed by atoms with E-state index >= 15 is 0 Å². The molecule has 1 aromatic heterocycles. The van der Waals surface area contributed by atoms with Crippen molar-refractivity contribution in [3.8, 4) is 0 Å². The van der Waals surface area contributed by atoms with Gasteiger partial charge in [-0.25, -0.2) is 4.98 Å². The van der Waals surface area contributed by atoms with Crippen molar-refractivity contribution in [1.29, 1.82) is 0 Å². The van der Waals surface area contributed by atoms with Crippen molar-refractivity contribution in [3.63, 3.8) is 0 Å². The fourth-order valence-corrected chi connectivity index (χ4v) is 1.95. The lowest BCUT2D eigenvalue weighted by Gasteiger charge is -2.34. The highest BCUT2D eigenvalue weighted by Gasteiger charge is 2.25. The Hall–Kier alpha value is -0.910. The summed E-state index contributed by atoms with van der Waals surface area (Å²) in [5.41, 5.74) is 6.50. The molecule has 1 unspecified atom stereocenters. The zero-order valence-corrected chi connectivity index (χ0v) is 9.94. The Kier molecular flexibility index (Phi) is 3.58. The van der Waals surface area contributed by atoms with Gasteiger partial charge in [0.25, 0.3) is 0 Å². The molecule has 0 aliphatic carbocycles. The smallest absolute Gasteiger partial charge is 0.136 e. The van der Waals surface area contributed by atoms with Gasteiger partial charge in [0.1, 0.15) is 11.9 Å². The number of nitrogens with two attached hydrogens (primary N) is 1. The van der Waals surface area contributed by atoms with E-state index in [1.165, 1.54) is 0 Å². The van der Waals surface area contributed by atoms with Gasteiger partial charge < -0.3 is 15.5 Å². The first kappa shape index (κ1) is 11.6. The summed E-state index contributed by atoms with van der Waals surface area (Å²) in [5, 5.41) is 0. The molecule has 2 rings (SSSR count). The van der Waals surface area contributed by atoms with E-state index in [1.54, 1.807) is 6.20 Å². The maximum atomic E-state index is 5.73. The molecule has 1 aliphatic rings. The van der Waals surface area contributed by atoms with Gasteiger partial charge in [0.2, 0.25) is 0 Å². The van der Waals surface area contributed by atoms with Crippen molar-refractivity contribution >= 4 is 0 Å². The fraction of sp³-hybridized carbons (Fsp3) is 0.727. The molecule has 5 heteroatoms. The van der Waals surface area contributed by atoms with Gasteiger partial charge in [-0.05, 0) is 13.8 Å². The number of hydrogen-bond acceptors (Lipinski definition) is 4. The first-order valence-corrected chi connectivity index (χ1v) is 5.80. The van der Waals surface area contributed by atoms with Crippen molar-refractivity contribution in [2.24, 2.45) is 5.73 Å². The normalized spacial score (nSPS) is 22.9. The second kappa shape index (κ2) is 4.95. The highest BCUT2D eigenvalue weighted by Crippen LogP contribution is 2.20. The molecular formula is C11H20N4O. The molecule has 0 bridgehead atoms. The fourth-order valence-electron chi connectivity index (χ4n) is 1.95. The average Bonchev–Trinajstić information content (AvgIpc) is 2.77. The molecule has 2 heterocycles. The van der Waals surface area contributed by atoms with Gasteiger partial charge in [-0.2, -0.15) is 0 Å². The third kappa shape index (κ3) is 2.42. The van der Waals surface area contributed by atoms with Crippen LogP contribution in [0.15, 0.2) is 6.20 Å². The molecule has 1 aromatic rings. The van der Waals surface area contributed by atoms with Crippen LogP contribution in [0.1, 0.15) is 31.5 Å². The number of aromatic nitrogens is 2. The summed E-state index contributed by atoms with van der Waals surface area (Å²) in [4.78, 5) is 9.92. The first-order valence-electron chi connectivity index (χ1n) is 5.80. The van der Waals surface area contributed by atoms with Gasteiger partial charge in [-0.15, -0.1) is 0 Å². The van der Waals surface area contributed by atoms with Gasteiger partial charge >= 0.3 is 0 Å². The van der Waals surface area contributed by atoms with Crippen molar-refractivity contribution in [1.82, 2.24) is 14.9 Å². The lowest BCUT2D eigenvalue weighted by Crippen LogP contribution is -2.42. The van der Waals surface area contributed by atoms with Crippen molar-refractivity contribution in [2.75, 3.05) is 19.7 Å². The van der Waals surface area contributed by atoms with Crippen molar-refractivity contribution in [2.45, 2.75) is 32.5 Å². The van der Waals surface area contributed by atoms with Crippen LogP contribution in [0.2, 0.25) is 0 Å². The number of nitrogens with one attached hydrogen (secondary N) is 1. The van der Waals surface area contributed by atoms with Gasteiger partial charge in [0.05, 0.1) is 6.61 Å². The Labute approximate surface area is 96.0 Å². The SMILES string of the molecule is CC(C)N1CCOC(c2ncc(CN)[nH]2)C1. The van der Waals surface area contributed by atoms with Crippen molar-refractivity contribution in [3.05, 3.63) is 17.7 Å². The molecule has 0 amide bonds. The Morgan fingerprint density at radius 1 is 1.69 bits per heavy atom. The molecule has 1 saturated heterocycles. The number of rotatable bonds is 3. The molecule has 16 heavy (non-hydrogen) atoms. The highest BCUT2D eigenvalue weighted by atomic mass is 16.5. The standard InChI is InChI=1S/C11H20N4O/c1-8(2)15-3-4-16-10(7-15)11-13-6-9(5-12)14-11/h6,8,10H,3-5,7,12H2,1-2H3,(H,13,14). The zero-order chi connectivity index (χ0) is 11.5. The summed E-state index contributed by atoms with van der Waals surface area (Å²) < 4.78 is 5.73. The minimum Gasteiger partial charge on any atom is -0.368 e. The summed E-state index contributed by atoms with van der Waals surface area (Å²) in [7, 11) is 0. The third-order valence-electron chi connectivity index (χ3n) is 3.00. The van der Waals surface area contributed by atoms with Crippen LogP contribution in [0, 0.1) is 0 Å². The van der Waals surface area contributed by atoms with Crippen LogP contribution in [0.5, 0.6) is 0 Å². The van der Waals surface area contributed by atoms with E-state index in [2.05, 4.69) is 28.7 Å². The largest absolute Gasteiger partial charge is 0.368 e. The molecular weight excluding hydrogens is 204 g/mol. The molecule has 1 atom stereocenters. The highest BCUT2D eigenvalue weighted by molar-refractivity contribution is 5.04. The Morgan fingerprint density at radius 3 is 3.12 bits per heavy atom. The predicted octanol–water partition coefficient (Wildman–Crippen LogP) is 0.650. The molecule has 0 spiro atoms. The molecule has 1 fully saturated rings. The molecule has 90 valence electrons. The van der Waals surface area contributed by atoms with Crippen LogP contribution in [-0.2, 0) is 11.3 Å². The Bertz CT molecular complexity index is 336. The van der Waals surface area contributed by atoms with E-state index in [1.807, 2.05) is 0 Å². The van der Waals surface area contributed by atoms with Crippen LogP contribution in [0.25, 0.3) is 0 Å². The maximum Gasteiger partial charge on any atom is 0.136 e. The first-order chi connectivity index (χ1) is 7.70. The average molecular weight is 224 g/mol. The summed E-state index contributed by atoms with van der Waals surface area (Å²) in [5.74, 6) is 0.894. The molecule has 3 N–H and O–H groups in total. The lowest BCUT2D eigenvalue weighted by molar-refractivity contribution is -0.0439. The van der Waals surface area contributed by atoms with Gasteiger partial charge in [-0.3, -0.25) is 4.90 Å². The Balaban J connectivity index is 2.03. The van der Waals surface area contributed by atoms with Crippen LogP contribution < -0.4 is 5.73 Å². The van der Waals surface area contributed by atoms with Crippen LogP contribution >= 0.6 is 0 Å². The lowest BCUT2D eigenvalue weighted by atomic mass is 10.2.